The number of nitrogens with zero attached hydrogens (tertiary/aromatic N) is 1. The van der Waals surface area contributed by atoms with Gasteiger partial charge in [-0.15, -0.1) is 0 Å². The molecular formula is C60H41N. The van der Waals surface area contributed by atoms with Gasteiger partial charge in [-0.3, -0.25) is 0 Å². The Morgan fingerprint density at radius 1 is 0.230 bits per heavy atom. The summed E-state index contributed by atoms with van der Waals surface area (Å²) in [6, 6.07) is 90.5. The van der Waals surface area contributed by atoms with Gasteiger partial charge in [0.15, 0.2) is 0 Å². The molecule has 61 heavy (non-hydrogen) atoms. The fourth-order valence-corrected chi connectivity index (χ4v) is 9.03. The molecule has 0 radical (unpaired) electrons. The van der Waals surface area contributed by atoms with Gasteiger partial charge in [-0.2, -0.15) is 0 Å². The molecule has 0 aliphatic carbocycles. The molecule has 0 aromatic heterocycles. The first kappa shape index (κ1) is 36.1. The standard InChI is InChI=1S/C60H41N/c1-4-14-42(15-5-1)50-32-39-59(58(41-50)45-18-8-3-9-19-45)61(52-33-26-43(27-34-52)49-31-37-55-51(40-49)25-24-46-20-10-12-22-54(46)55)53-35-28-48(29-36-53)60-56-23-13-11-21-47(56)30-38-57(60)44-16-6-2-7-17-44/h1-41H. The second kappa shape index (κ2) is 15.6. The zero-order valence-corrected chi connectivity index (χ0v) is 33.6. The van der Waals surface area contributed by atoms with E-state index in [1.165, 1.54) is 82.4 Å². The monoisotopic (exact) mass is 775 g/mol. The highest BCUT2D eigenvalue weighted by Crippen LogP contribution is 2.45. The van der Waals surface area contributed by atoms with Crippen LogP contribution in [-0.4, -0.2) is 0 Å². The summed E-state index contributed by atoms with van der Waals surface area (Å²) < 4.78 is 0. The number of fused-ring (bicyclic) bond motifs is 4. The van der Waals surface area contributed by atoms with Gasteiger partial charge in [-0.1, -0.05) is 206 Å². The number of hydrogen-bond acceptors (Lipinski definition) is 1. The number of benzene rings is 11. The maximum Gasteiger partial charge on any atom is 0.0540 e. The first-order chi connectivity index (χ1) is 30.2. The second-order valence-corrected chi connectivity index (χ2v) is 15.7. The van der Waals surface area contributed by atoms with Gasteiger partial charge in [0.1, 0.15) is 0 Å². The van der Waals surface area contributed by atoms with E-state index in [1.807, 2.05) is 0 Å². The third-order valence-electron chi connectivity index (χ3n) is 12.1. The number of rotatable bonds is 8. The van der Waals surface area contributed by atoms with Gasteiger partial charge in [0.05, 0.1) is 5.69 Å². The normalized spacial score (nSPS) is 11.3. The van der Waals surface area contributed by atoms with Crippen LogP contribution in [0.5, 0.6) is 0 Å². The molecule has 0 fully saturated rings. The van der Waals surface area contributed by atoms with Crippen LogP contribution in [0.2, 0.25) is 0 Å². The predicted molar refractivity (Wildman–Crippen MR) is 261 cm³/mol. The molecule has 0 N–H and O–H groups in total. The van der Waals surface area contributed by atoms with E-state index in [0.29, 0.717) is 0 Å². The van der Waals surface area contributed by atoms with E-state index in [1.54, 1.807) is 0 Å². The molecule has 1 nitrogen and oxygen atoms in total. The second-order valence-electron chi connectivity index (χ2n) is 15.7. The zero-order chi connectivity index (χ0) is 40.5. The molecule has 0 saturated heterocycles. The maximum absolute atomic E-state index is 2.42. The van der Waals surface area contributed by atoms with Crippen LogP contribution in [0.4, 0.5) is 17.1 Å². The fourth-order valence-electron chi connectivity index (χ4n) is 9.03. The summed E-state index contributed by atoms with van der Waals surface area (Å²) in [5, 5.41) is 7.55. The predicted octanol–water partition coefficient (Wildman–Crippen LogP) is 17.0. The SMILES string of the molecule is c1ccc(-c2ccc(N(c3ccc(-c4ccc5c(ccc6ccccc65)c4)cc3)c3ccc(-c4c(-c5ccccc5)ccc5ccccc45)cc3)c(-c3ccccc3)c2)cc1. The Hall–Kier alpha value is -8.00. The summed E-state index contributed by atoms with van der Waals surface area (Å²) >= 11 is 0. The van der Waals surface area contributed by atoms with Crippen molar-refractivity contribution in [1.29, 1.82) is 0 Å². The maximum atomic E-state index is 2.42. The van der Waals surface area contributed by atoms with E-state index in [4.69, 9.17) is 0 Å². The summed E-state index contributed by atoms with van der Waals surface area (Å²) in [5.74, 6) is 0. The van der Waals surface area contributed by atoms with Crippen molar-refractivity contribution in [1.82, 2.24) is 0 Å². The van der Waals surface area contributed by atoms with Crippen molar-refractivity contribution in [2.75, 3.05) is 4.90 Å². The molecule has 0 amide bonds. The lowest BCUT2D eigenvalue weighted by Gasteiger charge is -2.29. The number of hydrogen-bond donors (Lipinski definition) is 0. The Morgan fingerprint density at radius 3 is 1.34 bits per heavy atom. The van der Waals surface area contributed by atoms with Crippen LogP contribution in [-0.2, 0) is 0 Å². The van der Waals surface area contributed by atoms with Crippen LogP contribution in [0.3, 0.4) is 0 Å². The molecule has 0 saturated carbocycles. The molecule has 286 valence electrons. The van der Waals surface area contributed by atoms with Gasteiger partial charge >= 0.3 is 0 Å². The Bertz CT molecular complexity index is 3320. The molecule has 0 heterocycles. The molecule has 11 aromatic rings. The van der Waals surface area contributed by atoms with Gasteiger partial charge in [0.25, 0.3) is 0 Å². The van der Waals surface area contributed by atoms with Gasteiger partial charge in [-0.05, 0) is 125 Å². The Balaban J connectivity index is 1.06. The summed E-state index contributed by atoms with van der Waals surface area (Å²) in [6.07, 6.45) is 0. The lowest BCUT2D eigenvalue weighted by Crippen LogP contribution is -2.11. The van der Waals surface area contributed by atoms with Gasteiger partial charge in [-0.25, -0.2) is 0 Å². The van der Waals surface area contributed by atoms with Gasteiger partial charge < -0.3 is 4.90 Å². The Morgan fingerprint density at radius 2 is 0.672 bits per heavy atom. The summed E-state index contributed by atoms with van der Waals surface area (Å²) in [7, 11) is 0. The van der Waals surface area contributed by atoms with Crippen LogP contribution < -0.4 is 4.90 Å². The van der Waals surface area contributed by atoms with Crippen LogP contribution in [0.25, 0.3) is 88.0 Å². The van der Waals surface area contributed by atoms with E-state index >= 15 is 0 Å². The van der Waals surface area contributed by atoms with E-state index in [9.17, 15) is 0 Å². The number of anilines is 3. The van der Waals surface area contributed by atoms with Gasteiger partial charge in [0.2, 0.25) is 0 Å². The average Bonchev–Trinajstić information content (AvgIpc) is 3.35. The smallest absolute Gasteiger partial charge is 0.0540 e. The lowest BCUT2D eigenvalue weighted by molar-refractivity contribution is 1.28. The molecule has 11 rings (SSSR count). The highest BCUT2D eigenvalue weighted by atomic mass is 15.1. The topological polar surface area (TPSA) is 3.24 Å². The Kier molecular flexibility index (Phi) is 9.26. The van der Waals surface area contributed by atoms with Crippen molar-refractivity contribution in [3.8, 4) is 55.6 Å². The van der Waals surface area contributed by atoms with Crippen LogP contribution in [0.1, 0.15) is 0 Å². The largest absolute Gasteiger partial charge is 0.310 e. The minimum absolute atomic E-state index is 1.08. The van der Waals surface area contributed by atoms with Crippen molar-refractivity contribution in [2.24, 2.45) is 0 Å². The molecule has 0 aliphatic heterocycles. The molecule has 0 aliphatic rings. The van der Waals surface area contributed by atoms with E-state index in [2.05, 4.69) is 254 Å². The first-order valence-electron chi connectivity index (χ1n) is 21.0. The molecule has 0 atom stereocenters. The molecule has 0 bridgehead atoms. The first-order valence-corrected chi connectivity index (χ1v) is 21.0. The molecule has 0 unspecified atom stereocenters. The highest BCUT2D eigenvalue weighted by molar-refractivity contribution is 6.08. The molecular weight excluding hydrogens is 735 g/mol. The average molecular weight is 776 g/mol. The van der Waals surface area contributed by atoms with Crippen LogP contribution >= 0.6 is 0 Å². The zero-order valence-electron chi connectivity index (χ0n) is 33.6. The van der Waals surface area contributed by atoms with Crippen molar-refractivity contribution >= 4 is 49.4 Å². The minimum atomic E-state index is 1.08. The minimum Gasteiger partial charge on any atom is -0.310 e. The van der Waals surface area contributed by atoms with Crippen LogP contribution in [0.15, 0.2) is 249 Å². The summed E-state index contributed by atoms with van der Waals surface area (Å²) in [6.45, 7) is 0. The molecule has 11 aromatic carbocycles. The summed E-state index contributed by atoms with van der Waals surface area (Å²) in [5.41, 5.74) is 15.2. The van der Waals surface area contributed by atoms with E-state index in [0.717, 1.165) is 22.6 Å². The highest BCUT2D eigenvalue weighted by Gasteiger charge is 2.20. The van der Waals surface area contributed by atoms with Crippen molar-refractivity contribution in [2.45, 2.75) is 0 Å². The van der Waals surface area contributed by atoms with Gasteiger partial charge in [0, 0.05) is 16.9 Å². The third-order valence-corrected chi connectivity index (χ3v) is 12.1. The van der Waals surface area contributed by atoms with E-state index < -0.39 is 0 Å². The molecule has 1 heteroatoms. The fraction of sp³-hybridized carbons (Fsp3) is 0. The lowest BCUT2D eigenvalue weighted by atomic mass is 9.89. The van der Waals surface area contributed by atoms with Crippen molar-refractivity contribution in [3.05, 3.63) is 249 Å². The van der Waals surface area contributed by atoms with Crippen molar-refractivity contribution in [3.63, 3.8) is 0 Å². The third kappa shape index (κ3) is 6.83. The van der Waals surface area contributed by atoms with E-state index in [-0.39, 0.29) is 0 Å². The quantitative estimate of drug-likeness (QED) is 0.139. The van der Waals surface area contributed by atoms with Crippen molar-refractivity contribution < 1.29 is 0 Å². The van der Waals surface area contributed by atoms with Crippen LogP contribution in [0, 0.1) is 0 Å². The summed E-state index contributed by atoms with van der Waals surface area (Å²) in [4.78, 5) is 2.42. The molecule has 0 spiro atoms. The Labute approximate surface area is 357 Å².